The van der Waals surface area contributed by atoms with E-state index in [1.807, 2.05) is 0 Å². The average Bonchev–Trinajstić information content (AvgIpc) is 2.33. The standard InChI is InChI=1S/C12H10F6N2/c13-11(14,15)9(12(16,17)18)10(6-19,7-20)8-4-2-1-3-5-8/h2,4,8-9H,1,3,5H2. The normalized spacial score (nSPS) is 20.6. The highest BCUT2D eigenvalue weighted by Crippen LogP contribution is 2.54. The van der Waals surface area contributed by atoms with Gasteiger partial charge < -0.3 is 0 Å². The molecule has 0 aromatic rings. The summed E-state index contributed by atoms with van der Waals surface area (Å²) in [7, 11) is 0. The van der Waals surface area contributed by atoms with E-state index in [4.69, 9.17) is 10.5 Å². The molecule has 0 aliphatic heterocycles. The van der Waals surface area contributed by atoms with Crippen LogP contribution in [0.3, 0.4) is 0 Å². The van der Waals surface area contributed by atoms with Crippen LogP contribution in [0.25, 0.3) is 0 Å². The lowest BCUT2D eigenvalue weighted by atomic mass is 9.65. The van der Waals surface area contributed by atoms with Gasteiger partial charge in [-0.15, -0.1) is 0 Å². The van der Waals surface area contributed by atoms with Gasteiger partial charge in [-0.1, -0.05) is 12.2 Å². The van der Waals surface area contributed by atoms with Crippen LogP contribution in [0.5, 0.6) is 0 Å². The highest BCUT2D eigenvalue weighted by Gasteiger charge is 2.69. The molecule has 1 unspecified atom stereocenters. The molecule has 1 rings (SSSR count). The minimum atomic E-state index is -5.71. The van der Waals surface area contributed by atoms with E-state index >= 15 is 0 Å². The fourth-order valence-electron chi connectivity index (χ4n) is 2.43. The maximum atomic E-state index is 12.8. The number of hydrogen-bond donors (Lipinski definition) is 0. The molecule has 20 heavy (non-hydrogen) atoms. The van der Waals surface area contributed by atoms with Crippen molar-refractivity contribution in [3.05, 3.63) is 12.2 Å². The first-order chi connectivity index (χ1) is 9.09. The molecule has 0 saturated carbocycles. The predicted molar refractivity (Wildman–Crippen MR) is 55.7 cm³/mol. The summed E-state index contributed by atoms with van der Waals surface area (Å²) in [5.41, 5.74) is -3.19. The molecule has 0 bridgehead atoms. The van der Waals surface area contributed by atoms with Gasteiger partial charge in [-0.25, -0.2) is 0 Å². The first-order valence-electron chi connectivity index (χ1n) is 5.72. The smallest absolute Gasteiger partial charge is 0.197 e. The van der Waals surface area contributed by atoms with Crippen molar-refractivity contribution in [1.82, 2.24) is 0 Å². The number of hydrogen-bond acceptors (Lipinski definition) is 2. The molecule has 0 radical (unpaired) electrons. The largest absolute Gasteiger partial charge is 0.403 e. The van der Waals surface area contributed by atoms with E-state index in [2.05, 4.69) is 0 Å². The quantitative estimate of drug-likeness (QED) is 0.568. The fraction of sp³-hybridized carbons (Fsp3) is 0.667. The Morgan fingerprint density at radius 1 is 1.00 bits per heavy atom. The minimum Gasteiger partial charge on any atom is -0.197 e. The zero-order valence-corrected chi connectivity index (χ0v) is 10.1. The van der Waals surface area contributed by atoms with Crippen molar-refractivity contribution in [3.8, 4) is 12.1 Å². The summed E-state index contributed by atoms with van der Waals surface area (Å²) < 4.78 is 76.8. The summed E-state index contributed by atoms with van der Waals surface area (Å²) in [5, 5.41) is 17.8. The topological polar surface area (TPSA) is 47.6 Å². The van der Waals surface area contributed by atoms with Crippen LogP contribution in [-0.2, 0) is 0 Å². The van der Waals surface area contributed by atoms with Gasteiger partial charge in [-0.3, -0.25) is 0 Å². The number of nitriles is 2. The molecular weight excluding hydrogens is 286 g/mol. The predicted octanol–water partition coefficient (Wildman–Crippen LogP) is 4.12. The van der Waals surface area contributed by atoms with Crippen LogP contribution in [0, 0.1) is 39.9 Å². The van der Waals surface area contributed by atoms with Gasteiger partial charge in [0.2, 0.25) is 0 Å². The summed E-state index contributed by atoms with van der Waals surface area (Å²) >= 11 is 0. The van der Waals surface area contributed by atoms with Crippen molar-refractivity contribution >= 4 is 0 Å². The van der Waals surface area contributed by atoms with Crippen molar-refractivity contribution < 1.29 is 26.3 Å². The van der Waals surface area contributed by atoms with E-state index < -0.39 is 29.6 Å². The monoisotopic (exact) mass is 296 g/mol. The van der Waals surface area contributed by atoms with Gasteiger partial charge >= 0.3 is 12.4 Å². The Labute approximate surface area is 111 Å². The Morgan fingerprint density at radius 3 is 1.80 bits per heavy atom. The molecular formula is C12H10F6N2. The fourth-order valence-corrected chi connectivity index (χ4v) is 2.43. The Morgan fingerprint density at radius 2 is 1.50 bits per heavy atom. The van der Waals surface area contributed by atoms with E-state index in [1.54, 1.807) is 0 Å². The molecule has 1 aliphatic rings. The molecule has 0 N–H and O–H groups in total. The van der Waals surface area contributed by atoms with Gasteiger partial charge in [0.25, 0.3) is 0 Å². The third-order valence-electron chi connectivity index (χ3n) is 3.32. The number of alkyl halides is 6. The van der Waals surface area contributed by atoms with Crippen LogP contribution in [0.4, 0.5) is 26.3 Å². The van der Waals surface area contributed by atoms with Gasteiger partial charge in [0.1, 0.15) is 0 Å². The molecule has 0 saturated heterocycles. The summed E-state index contributed by atoms with van der Waals surface area (Å²) in [6.45, 7) is 0. The third-order valence-corrected chi connectivity index (χ3v) is 3.32. The second kappa shape index (κ2) is 5.35. The van der Waals surface area contributed by atoms with Crippen LogP contribution >= 0.6 is 0 Å². The first-order valence-corrected chi connectivity index (χ1v) is 5.72. The maximum Gasteiger partial charge on any atom is 0.403 e. The number of rotatable bonds is 2. The molecule has 2 nitrogen and oxygen atoms in total. The van der Waals surface area contributed by atoms with Gasteiger partial charge in [0, 0.05) is 5.92 Å². The zero-order chi connectivity index (χ0) is 15.6. The molecule has 0 amide bonds. The number of allylic oxidation sites excluding steroid dienone is 2. The van der Waals surface area contributed by atoms with Gasteiger partial charge in [-0.2, -0.15) is 36.9 Å². The summed E-state index contributed by atoms with van der Waals surface area (Å²) in [4.78, 5) is 0. The lowest BCUT2D eigenvalue weighted by Crippen LogP contribution is -2.51. The molecule has 110 valence electrons. The molecule has 0 heterocycles. The van der Waals surface area contributed by atoms with E-state index in [0.717, 1.165) is 18.2 Å². The van der Waals surface area contributed by atoms with E-state index in [9.17, 15) is 26.3 Å². The van der Waals surface area contributed by atoms with E-state index in [1.165, 1.54) is 6.08 Å². The van der Waals surface area contributed by atoms with Crippen LogP contribution < -0.4 is 0 Å². The van der Waals surface area contributed by atoms with Crippen molar-refractivity contribution in [1.29, 1.82) is 10.5 Å². The Bertz CT molecular complexity index is 434. The van der Waals surface area contributed by atoms with E-state index in [0.29, 0.717) is 12.8 Å². The van der Waals surface area contributed by atoms with Crippen molar-refractivity contribution in [3.63, 3.8) is 0 Å². The molecule has 0 aromatic heterocycles. The minimum absolute atomic E-state index is 0.0553. The molecule has 0 spiro atoms. The first kappa shape index (κ1) is 16.4. The van der Waals surface area contributed by atoms with Crippen LogP contribution in [0.2, 0.25) is 0 Å². The molecule has 0 aromatic carbocycles. The van der Waals surface area contributed by atoms with Gasteiger partial charge in [0.05, 0.1) is 12.1 Å². The molecule has 8 heteroatoms. The van der Waals surface area contributed by atoms with Crippen LogP contribution in [-0.4, -0.2) is 12.4 Å². The van der Waals surface area contributed by atoms with Crippen molar-refractivity contribution in [2.24, 2.45) is 17.3 Å². The maximum absolute atomic E-state index is 12.8. The third kappa shape index (κ3) is 2.90. The van der Waals surface area contributed by atoms with Crippen molar-refractivity contribution in [2.45, 2.75) is 31.6 Å². The second-order valence-corrected chi connectivity index (χ2v) is 4.57. The second-order valence-electron chi connectivity index (χ2n) is 4.57. The number of nitrogens with zero attached hydrogens (tertiary/aromatic N) is 2. The summed E-state index contributed by atoms with van der Waals surface area (Å²) in [6.07, 6.45) is -8.12. The average molecular weight is 296 g/mol. The number of halogens is 6. The van der Waals surface area contributed by atoms with E-state index in [-0.39, 0.29) is 6.42 Å². The summed E-state index contributed by atoms with van der Waals surface area (Å²) in [5.74, 6) is -5.37. The summed E-state index contributed by atoms with van der Waals surface area (Å²) in [6, 6.07) is 1.99. The van der Waals surface area contributed by atoms with Crippen molar-refractivity contribution in [2.75, 3.05) is 0 Å². The van der Waals surface area contributed by atoms with Gasteiger partial charge in [0.15, 0.2) is 11.3 Å². The highest BCUT2D eigenvalue weighted by atomic mass is 19.4. The Hall–Kier alpha value is -1.70. The molecule has 1 aliphatic carbocycles. The highest BCUT2D eigenvalue weighted by molar-refractivity contribution is 5.25. The Balaban J connectivity index is 3.43. The van der Waals surface area contributed by atoms with Crippen LogP contribution in [0.15, 0.2) is 12.2 Å². The lowest BCUT2D eigenvalue weighted by Gasteiger charge is -2.37. The zero-order valence-electron chi connectivity index (χ0n) is 10.1. The van der Waals surface area contributed by atoms with Crippen LogP contribution in [0.1, 0.15) is 19.3 Å². The lowest BCUT2D eigenvalue weighted by molar-refractivity contribution is -0.306. The van der Waals surface area contributed by atoms with Gasteiger partial charge in [-0.05, 0) is 19.3 Å². The Kier molecular flexibility index (Phi) is 4.38. The molecule has 1 atom stereocenters. The SMILES string of the molecule is N#CC(C#N)(C1C=CCCC1)C(C(F)(F)F)C(F)(F)F. The molecule has 0 fully saturated rings.